The zero-order valence-corrected chi connectivity index (χ0v) is 10.7. The predicted molar refractivity (Wildman–Crippen MR) is 64.5 cm³/mol. The van der Waals surface area contributed by atoms with Gasteiger partial charge in [0.15, 0.2) is 0 Å². The number of hydrogen-bond donors (Lipinski definition) is 0. The maximum absolute atomic E-state index is 10.6. The molecule has 1 rings (SSSR count). The Kier molecular flexibility index (Phi) is 4.80. The Morgan fingerprint density at radius 1 is 1.61 bits per heavy atom. The highest BCUT2D eigenvalue weighted by Crippen LogP contribution is 2.22. The van der Waals surface area contributed by atoms with E-state index in [9.17, 15) is 15.0 Å². The fourth-order valence-electron chi connectivity index (χ4n) is 1.17. The summed E-state index contributed by atoms with van der Waals surface area (Å²) in [6, 6.07) is 1.97. The first kappa shape index (κ1) is 14.6. The van der Waals surface area contributed by atoms with E-state index >= 15 is 0 Å². The normalized spacial score (nSPS) is 13.3. The van der Waals surface area contributed by atoms with Crippen LogP contribution < -0.4 is 0 Å². The standard InChI is InChI=1S/C10H13ClN2O5/c1-10(2,11)8(12-14)6-17-5-7-3-4-9(18-7)13(15)16/h3-4,8H,5-6H2,1-2H3. The smallest absolute Gasteiger partial charge is 0.403 e. The molecule has 0 radical (unpaired) electrons. The highest BCUT2D eigenvalue weighted by atomic mass is 35.5. The maximum atomic E-state index is 10.6. The second-order valence-corrected chi connectivity index (χ2v) is 5.17. The van der Waals surface area contributed by atoms with Crippen LogP contribution in [-0.4, -0.2) is 22.4 Å². The van der Waals surface area contributed by atoms with Crippen LogP contribution in [0.15, 0.2) is 21.7 Å². The minimum absolute atomic E-state index is 0.0207. The van der Waals surface area contributed by atoms with Crippen LogP contribution in [-0.2, 0) is 11.3 Å². The number of alkyl halides is 1. The number of hydrogen-bond acceptors (Lipinski definition) is 6. The maximum Gasteiger partial charge on any atom is 0.433 e. The van der Waals surface area contributed by atoms with Crippen molar-refractivity contribution >= 4 is 17.5 Å². The van der Waals surface area contributed by atoms with E-state index in [1.165, 1.54) is 12.1 Å². The molecule has 0 fully saturated rings. The van der Waals surface area contributed by atoms with Gasteiger partial charge in [-0.05, 0) is 19.9 Å². The predicted octanol–water partition coefficient (Wildman–Crippen LogP) is 2.86. The van der Waals surface area contributed by atoms with Crippen molar-refractivity contribution in [1.82, 2.24) is 0 Å². The summed E-state index contributed by atoms with van der Waals surface area (Å²) in [5.41, 5.74) is 0. The highest BCUT2D eigenvalue weighted by molar-refractivity contribution is 6.23. The molecule has 0 N–H and O–H groups in total. The number of nitrogens with zero attached hydrogens (tertiary/aromatic N) is 2. The molecule has 0 saturated carbocycles. The van der Waals surface area contributed by atoms with Gasteiger partial charge in [0.25, 0.3) is 0 Å². The summed E-state index contributed by atoms with van der Waals surface area (Å²) in [6.45, 7) is 3.35. The Morgan fingerprint density at radius 3 is 2.72 bits per heavy atom. The van der Waals surface area contributed by atoms with Gasteiger partial charge < -0.3 is 9.15 Å². The average molecular weight is 277 g/mol. The van der Waals surface area contributed by atoms with Crippen molar-refractivity contribution in [3.8, 4) is 0 Å². The van der Waals surface area contributed by atoms with Crippen molar-refractivity contribution in [2.75, 3.05) is 6.61 Å². The number of furan rings is 1. The summed E-state index contributed by atoms with van der Waals surface area (Å²) in [4.78, 5) is 19.5. The van der Waals surface area contributed by atoms with Gasteiger partial charge in [0.1, 0.15) is 23.3 Å². The van der Waals surface area contributed by atoms with E-state index in [-0.39, 0.29) is 19.1 Å². The van der Waals surface area contributed by atoms with E-state index in [1.54, 1.807) is 13.8 Å². The Bertz CT molecular complexity index is 426. The molecule has 0 aliphatic heterocycles. The van der Waals surface area contributed by atoms with E-state index < -0.39 is 15.8 Å². The number of halogens is 1. The quantitative estimate of drug-likeness (QED) is 0.330. The van der Waals surface area contributed by atoms with Gasteiger partial charge in [-0.25, -0.2) is 0 Å². The fourth-order valence-corrected chi connectivity index (χ4v) is 1.27. The molecule has 0 aromatic carbocycles. The molecule has 0 aliphatic carbocycles. The molecule has 1 aromatic heterocycles. The van der Waals surface area contributed by atoms with E-state index in [2.05, 4.69) is 5.18 Å². The molecular formula is C10H13ClN2O5. The molecular weight excluding hydrogens is 264 g/mol. The lowest BCUT2D eigenvalue weighted by Gasteiger charge is -2.21. The molecule has 100 valence electrons. The molecule has 1 unspecified atom stereocenters. The number of rotatable bonds is 7. The minimum atomic E-state index is -0.809. The summed E-state index contributed by atoms with van der Waals surface area (Å²) in [5, 5.41) is 13.2. The molecule has 1 atom stereocenters. The average Bonchev–Trinajstić information content (AvgIpc) is 2.71. The largest absolute Gasteiger partial charge is 0.433 e. The first-order valence-electron chi connectivity index (χ1n) is 5.17. The second-order valence-electron chi connectivity index (χ2n) is 4.20. The Hall–Kier alpha value is -1.47. The van der Waals surface area contributed by atoms with Crippen LogP contribution in [0.4, 0.5) is 5.88 Å². The van der Waals surface area contributed by atoms with Gasteiger partial charge in [0.2, 0.25) is 0 Å². The van der Waals surface area contributed by atoms with Crippen LogP contribution in [0.2, 0.25) is 0 Å². The molecule has 18 heavy (non-hydrogen) atoms. The molecule has 0 saturated heterocycles. The number of nitroso groups, excluding NO2 is 1. The SMILES string of the molecule is CC(C)(Cl)C(COCc1ccc([N+](=O)[O-])o1)N=O. The van der Waals surface area contributed by atoms with Gasteiger partial charge in [-0.3, -0.25) is 10.1 Å². The number of nitro groups is 1. The van der Waals surface area contributed by atoms with Gasteiger partial charge in [0.05, 0.1) is 17.5 Å². The van der Waals surface area contributed by atoms with Crippen molar-refractivity contribution < 1.29 is 14.1 Å². The Morgan fingerprint density at radius 2 is 2.28 bits per heavy atom. The van der Waals surface area contributed by atoms with Crippen LogP contribution in [0, 0.1) is 15.0 Å². The lowest BCUT2D eigenvalue weighted by molar-refractivity contribution is -0.402. The van der Waals surface area contributed by atoms with E-state index in [1.807, 2.05) is 0 Å². The van der Waals surface area contributed by atoms with Crippen LogP contribution in [0.25, 0.3) is 0 Å². The molecule has 8 heteroatoms. The summed E-state index contributed by atoms with van der Waals surface area (Å²) in [6.07, 6.45) is 0. The zero-order valence-electron chi connectivity index (χ0n) is 9.96. The third kappa shape index (κ3) is 4.08. The first-order chi connectivity index (χ1) is 8.34. The lowest BCUT2D eigenvalue weighted by Crippen LogP contribution is -2.32. The van der Waals surface area contributed by atoms with Crippen molar-refractivity contribution in [2.24, 2.45) is 5.18 Å². The van der Waals surface area contributed by atoms with E-state index in [0.29, 0.717) is 5.76 Å². The first-order valence-corrected chi connectivity index (χ1v) is 5.54. The monoisotopic (exact) mass is 276 g/mol. The van der Waals surface area contributed by atoms with Crippen LogP contribution in [0.1, 0.15) is 19.6 Å². The third-order valence-corrected chi connectivity index (χ3v) is 2.52. The molecule has 7 nitrogen and oxygen atoms in total. The van der Waals surface area contributed by atoms with Gasteiger partial charge in [0, 0.05) is 0 Å². The fraction of sp³-hybridized carbons (Fsp3) is 0.600. The van der Waals surface area contributed by atoms with Crippen LogP contribution in [0.5, 0.6) is 0 Å². The molecule has 1 heterocycles. The second kappa shape index (κ2) is 5.92. The van der Waals surface area contributed by atoms with E-state index in [4.69, 9.17) is 20.8 Å². The summed E-state index contributed by atoms with van der Waals surface area (Å²) >= 11 is 5.94. The molecule has 0 spiro atoms. The molecule has 0 bridgehead atoms. The van der Waals surface area contributed by atoms with Crippen LogP contribution in [0.3, 0.4) is 0 Å². The van der Waals surface area contributed by atoms with Crippen molar-refractivity contribution in [3.63, 3.8) is 0 Å². The summed E-state index contributed by atoms with van der Waals surface area (Å²) in [7, 11) is 0. The van der Waals surface area contributed by atoms with Crippen molar-refractivity contribution in [1.29, 1.82) is 0 Å². The summed E-state index contributed by atoms with van der Waals surface area (Å²) < 4.78 is 10.1. The van der Waals surface area contributed by atoms with E-state index in [0.717, 1.165) is 0 Å². The van der Waals surface area contributed by atoms with Gasteiger partial charge in [-0.2, -0.15) is 4.91 Å². The Labute approximate surface area is 108 Å². The highest BCUT2D eigenvalue weighted by Gasteiger charge is 2.28. The molecule has 0 aliphatic rings. The van der Waals surface area contributed by atoms with Crippen molar-refractivity contribution in [3.05, 3.63) is 32.9 Å². The van der Waals surface area contributed by atoms with Gasteiger partial charge in [-0.15, -0.1) is 11.6 Å². The number of ether oxygens (including phenoxy) is 1. The van der Waals surface area contributed by atoms with Crippen LogP contribution >= 0.6 is 11.6 Å². The zero-order chi connectivity index (χ0) is 13.8. The topological polar surface area (TPSA) is 94.9 Å². The van der Waals surface area contributed by atoms with Gasteiger partial charge >= 0.3 is 5.88 Å². The lowest BCUT2D eigenvalue weighted by atomic mass is 10.1. The van der Waals surface area contributed by atoms with Gasteiger partial charge in [-0.1, -0.05) is 5.18 Å². The van der Waals surface area contributed by atoms with Crippen molar-refractivity contribution in [2.45, 2.75) is 31.4 Å². The molecule has 0 amide bonds. The minimum Gasteiger partial charge on any atom is -0.403 e. The molecule has 1 aromatic rings. The third-order valence-electron chi connectivity index (χ3n) is 2.27. The summed E-state index contributed by atoms with van der Waals surface area (Å²) in [5.74, 6) is -0.0462. The Balaban J connectivity index is 2.45.